The van der Waals surface area contributed by atoms with Gasteiger partial charge in [0, 0.05) is 29.9 Å². The summed E-state index contributed by atoms with van der Waals surface area (Å²) in [7, 11) is -3.45. The molecule has 0 spiro atoms. The summed E-state index contributed by atoms with van der Waals surface area (Å²) in [6.45, 7) is 0. The second-order valence-corrected chi connectivity index (χ2v) is 7.71. The van der Waals surface area contributed by atoms with Crippen molar-refractivity contribution in [1.29, 1.82) is 0 Å². The molecule has 3 N–H and O–H groups in total. The normalized spacial score (nSPS) is 16.8. The van der Waals surface area contributed by atoms with Crippen LogP contribution in [0.25, 0.3) is 0 Å². The first-order chi connectivity index (χ1) is 11.5. The maximum Gasteiger partial charge on any atom is 0.248 e. The number of sulfonamides is 1. The number of nitrogens with zero attached hydrogens (tertiary/aromatic N) is 1. The minimum absolute atomic E-state index is 0.0225. The Hall–Kier alpha value is -2.25. The monoisotopic (exact) mass is 345 g/mol. The van der Waals surface area contributed by atoms with E-state index in [1.165, 1.54) is 0 Å². The Labute approximate surface area is 141 Å². The summed E-state index contributed by atoms with van der Waals surface area (Å²) in [4.78, 5) is 15.6. The molecule has 1 aromatic heterocycles. The fourth-order valence-electron chi connectivity index (χ4n) is 3.07. The SMILES string of the molecule is NC(=O)c1cccc2c1CCC2NS(=O)(=O)CCc1ccccn1. The smallest absolute Gasteiger partial charge is 0.248 e. The lowest BCUT2D eigenvalue weighted by molar-refractivity contribution is 0.0999. The lowest BCUT2D eigenvalue weighted by Crippen LogP contribution is -2.30. The molecule has 126 valence electrons. The molecule has 0 saturated carbocycles. The average molecular weight is 345 g/mol. The third-order valence-corrected chi connectivity index (χ3v) is 5.60. The summed E-state index contributed by atoms with van der Waals surface area (Å²) in [5, 5.41) is 0. The van der Waals surface area contributed by atoms with Crippen molar-refractivity contribution in [2.24, 2.45) is 5.73 Å². The van der Waals surface area contributed by atoms with Crippen LogP contribution in [0.4, 0.5) is 0 Å². The third kappa shape index (κ3) is 3.63. The van der Waals surface area contributed by atoms with E-state index in [-0.39, 0.29) is 11.8 Å². The topological polar surface area (TPSA) is 102 Å². The highest BCUT2D eigenvalue weighted by molar-refractivity contribution is 7.89. The number of pyridine rings is 1. The zero-order chi connectivity index (χ0) is 17.2. The number of nitrogens with one attached hydrogen (secondary N) is 1. The molecule has 1 aliphatic rings. The number of carbonyl (C=O) groups excluding carboxylic acids is 1. The van der Waals surface area contributed by atoms with Gasteiger partial charge in [-0.25, -0.2) is 13.1 Å². The second-order valence-electron chi connectivity index (χ2n) is 5.84. The number of fused-ring (bicyclic) bond motifs is 1. The molecule has 1 amide bonds. The van der Waals surface area contributed by atoms with Gasteiger partial charge in [-0.15, -0.1) is 0 Å². The quantitative estimate of drug-likeness (QED) is 0.824. The van der Waals surface area contributed by atoms with Gasteiger partial charge in [0.25, 0.3) is 0 Å². The van der Waals surface area contributed by atoms with E-state index < -0.39 is 15.9 Å². The molecule has 0 fully saturated rings. The van der Waals surface area contributed by atoms with Crippen molar-refractivity contribution in [2.75, 3.05) is 5.75 Å². The van der Waals surface area contributed by atoms with Crippen molar-refractivity contribution in [2.45, 2.75) is 25.3 Å². The number of aromatic nitrogens is 1. The Morgan fingerprint density at radius 1 is 1.25 bits per heavy atom. The predicted octanol–water partition coefficient (Wildman–Crippen LogP) is 1.33. The van der Waals surface area contributed by atoms with Gasteiger partial charge >= 0.3 is 0 Å². The minimum atomic E-state index is -3.45. The molecule has 6 nitrogen and oxygen atoms in total. The summed E-state index contributed by atoms with van der Waals surface area (Å²) in [5.41, 5.74) is 8.29. The van der Waals surface area contributed by atoms with Gasteiger partial charge in [-0.1, -0.05) is 18.2 Å². The molecule has 0 radical (unpaired) electrons. The predicted molar refractivity (Wildman–Crippen MR) is 90.9 cm³/mol. The highest BCUT2D eigenvalue weighted by atomic mass is 32.2. The van der Waals surface area contributed by atoms with Crippen molar-refractivity contribution < 1.29 is 13.2 Å². The molecule has 1 atom stereocenters. The highest BCUT2D eigenvalue weighted by Gasteiger charge is 2.29. The zero-order valence-electron chi connectivity index (χ0n) is 13.1. The van der Waals surface area contributed by atoms with E-state index in [9.17, 15) is 13.2 Å². The number of hydrogen-bond donors (Lipinski definition) is 2. The number of nitrogens with two attached hydrogens (primary N) is 1. The molecule has 0 saturated heterocycles. The van der Waals surface area contributed by atoms with Crippen LogP contribution in [-0.4, -0.2) is 25.1 Å². The van der Waals surface area contributed by atoms with Crippen LogP contribution in [0.2, 0.25) is 0 Å². The van der Waals surface area contributed by atoms with Crippen molar-refractivity contribution in [3.05, 3.63) is 65.0 Å². The molecule has 0 aliphatic heterocycles. The van der Waals surface area contributed by atoms with Gasteiger partial charge in [-0.2, -0.15) is 0 Å². The Bertz CT molecular complexity index is 851. The van der Waals surface area contributed by atoms with E-state index in [1.807, 2.05) is 12.1 Å². The average Bonchev–Trinajstić information content (AvgIpc) is 2.96. The molecule has 1 heterocycles. The highest BCUT2D eigenvalue weighted by Crippen LogP contribution is 2.33. The van der Waals surface area contributed by atoms with Crippen molar-refractivity contribution >= 4 is 15.9 Å². The van der Waals surface area contributed by atoms with Crippen LogP contribution in [0.3, 0.4) is 0 Å². The summed E-state index contributed by atoms with van der Waals surface area (Å²) in [6.07, 6.45) is 3.27. The number of carbonyl (C=O) groups is 1. The first-order valence-electron chi connectivity index (χ1n) is 7.78. The maximum absolute atomic E-state index is 12.4. The standard InChI is InChI=1S/C17H19N3O3S/c18-17(21)15-6-3-5-14-13(15)7-8-16(14)20-24(22,23)11-9-12-4-1-2-10-19-12/h1-6,10,16,20H,7-9,11H2,(H2,18,21). The van der Waals surface area contributed by atoms with E-state index in [2.05, 4.69) is 9.71 Å². The van der Waals surface area contributed by atoms with Crippen LogP contribution in [0.1, 0.15) is 39.6 Å². The van der Waals surface area contributed by atoms with Gasteiger partial charge in [-0.05, 0) is 42.2 Å². The van der Waals surface area contributed by atoms with Gasteiger partial charge in [0.15, 0.2) is 0 Å². The Kier molecular flexibility index (Phi) is 4.64. The number of benzene rings is 1. The van der Waals surface area contributed by atoms with Crippen molar-refractivity contribution in [1.82, 2.24) is 9.71 Å². The number of primary amides is 1. The fourth-order valence-corrected chi connectivity index (χ4v) is 4.34. The second kappa shape index (κ2) is 6.70. The van der Waals surface area contributed by atoms with Crippen molar-refractivity contribution in [3.63, 3.8) is 0 Å². The maximum atomic E-state index is 12.4. The van der Waals surface area contributed by atoms with Crippen LogP contribution in [-0.2, 0) is 22.9 Å². The van der Waals surface area contributed by atoms with Crippen LogP contribution >= 0.6 is 0 Å². The molecular weight excluding hydrogens is 326 g/mol. The summed E-state index contributed by atoms with van der Waals surface area (Å²) in [5.74, 6) is -0.503. The molecular formula is C17H19N3O3S. The van der Waals surface area contributed by atoms with Crippen molar-refractivity contribution in [3.8, 4) is 0 Å². The molecule has 1 unspecified atom stereocenters. The molecule has 2 aromatic rings. The van der Waals surface area contributed by atoms with Crippen LogP contribution < -0.4 is 10.5 Å². The molecule has 24 heavy (non-hydrogen) atoms. The Morgan fingerprint density at radius 3 is 2.79 bits per heavy atom. The Morgan fingerprint density at radius 2 is 2.08 bits per heavy atom. The summed E-state index contributed by atoms with van der Waals surface area (Å²) in [6, 6.07) is 10.4. The molecule has 1 aliphatic carbocycles. The van der Waals surface area contributed by atoms with E-state index in [0.29, 0.717) is 24.8 Å². The van der Waals surface area contributed by atoms with Crippen LogP contribution in [0, 0.1) is 0 Å². The minimum Gasteiger partial charge on any atom is -0.366 e. The first kappa shape index (κ1) is 16.6. The van der Waals surface area contributed by atoms with Gasteiger partial charge in [0.1, 0.15) is 0 Å². The van der Waals surface area contributed by atoms with E-state index in [0.717, 1.165) is 16.8 Å². The first-order valence-corrected chi connectivity index (χ1v) is 9.43. The van der Waals surface area contributed by atoms with Gasteiger partial charge in [-0.3, -0.25) is 9.78 Å². The number of rotatable bonds is 6. The van der Waals surface area contributed by atoms with Gasteiger partial charge < -0.3 is 5.73 Å². The number of aryl methyl sites for hydroxylation is 1. The van der Waals surface area contributed by atoms with E-state index in [1.54, 1.807) is 30.5 Å². The third-order valence-electron chi connectivity index (χ3n) is 4.21. The van der Waals surface area contributed by atoms with E-state index >= 15 is 0 Å². The largest absolute Gasteiger partial charge is 0.366 e. The van der Waals surface area contributed by atoms with Gasteiger partial charge in [0.05, 0.1) is 5.75 Å². The lowest BCUT2D eigenvalue weighted by Gasteiger charge is -2.15. The van der Waals surface area contributed by atoms with Crippen LogP contribution in [0.15, 0.2) is 42.6 Å². The van der Waals surface area contributed by atoms with Gasteiger partial charge in [0.2, 0.25) is 15.9 Å². The molecule has 1 aromatic carbocycles. The van der Waals surface area contributed by atoms with E-state index in [4.69, 9.17) is 5.73 Å². The zero-order valence-corrected chi connectivity index (χ0v) is 13.9. The lowest BCUT2D eigenvalue weighted by atomic mass is 10.0. The molecule has 7 heteroatoms. The molecule has 3 rings (SSSR count). The summed E-state index contributed by atoms with van der Waals surface area (Å²) >= 11 is 0. The molecule has 0 bridgehead atoms. The number of amides is 1. The Balaban J connectivity index is 1.72. The fraction of sp³-hybridized carbons (Fsp3) is 0.294. The summed E-state index contributed by atoms with van der Waals surface area (Å²) < 4.78 is 27.5. The number of hydrogen-bond acceptors (Lipinski definition) is 4. The van der Waals surface area contributed by atoms with Crippen LogP contribution in [0.5, 0.6) is 0 Å².